The smallest absolute Gasteiger partial charge is 0.222 e. The van der Waals surface area contributed by atoms with Crippen LogP contribution in [0.25, 0.3) is 0 Å². The van der Waals surface area contributed by atoms with Crippen LogP contribution < -0.4 is 0 Å². The Hall–Kier alpha value is -1.17. The average molecular weight is 369 g/mol. The number of carbonyl (C=O) groups is 1. The highest BCUT2D eigenvalue weighted by molar-refractivity contribution is 6.30. The van der Waals surface area contributed by atoms with Gasteiger partial charge in [-0.3, -0.25) is 9.69 Å². The molecule has 0 aliphatic carbocycles. The molecule has 1 aromatic rings. The van der Waals surface area contributed by atoms with Crippen LogP contribution in [0, 0.1) is 11.2 Å². The maximum absolute atomic E-state index is 13.7. The minimum atomic E-state index is -0.371. The third-order valence-corrected chi connectivity index (χ3v) is 5.77. The summed E-state index contributed by atoms with van der Waals surface area (Å²) < 4.78 is 13.7. The lowest BCUT2D eigenvalue weighted by atomic mass is 9.73. The zero-order chi connectivity index (χ0) is 17.9. The average Bonchev–Trinajstić information content (AvgIpc) is 2.59. The number of likely N-dealkylation sites (tertiary alicyclic amines) is 2. The highest BCUT2D eigenvalue weighted by atomic mass is 35.5. The largest absolute Gasteiger partial charge is 0.396 e. The molecule has 1 N–H and O–H groups in total. The molecule has 4 nitrogen and oxygen atoms in total. The van der Waals surface area contributed by atoms with Gasteiger partial charge in [-0.2, -0.15) is 0 Å². The molecule has 1 spiro atoms. The Morgan fingerprint density at radius 1 is 1.28 bits per heavy atom. The third kappa shape index (κ3) is 4.52. The number of carbonyl (C=O) groups excluding carboxylic acids is 1. The zero-order valence-electron chi connectivity index (χ0n) is 14.5. The van der Waals surface area contributed by atoms with E-state index in [1.807, 2.05) is 11.0 Å². The number of piperidine rings is 2. The van der Waals surface area contributed by atoms with Crippen LogP contribution in [-0.4, -0.2) is 53.6 Å². The van der Waals surface area contributed by atoms with Crippen LogP contribution in [0.15, 0.2) is 18.2 Å². The van der Waals surface area contributed by atoms with E-state index in [1.54, 1.807) is 6.07 Å². The summed E-state index contributed by atoms with van der Waals surface area (Å²) in [6, 6.07) is 5.01. The van der Waals surface area contributed by atoms with Gasteiger partial charge in [0.2, 0.25) is 5.91 Å². The summed E-state index contributed by atoms with van der Waals surface area (Å²) in [4.78, 5) is 16.4. The first-order valence-corrected chi connectivity index (χ1v) is 9.44. The summed E-state index contributed by atoms with van der Waals surface area (Å²) in [5.41, 5.74) is 1.06. The van der Waals surface area contributed by atoms with Crippen molar-refractivity contribution in [2.75, 3.05) is 32.8 Å². The quantitative estimate of drug-likeness (QED) is 0.868. The molecular formula is C19H26ClFN2O2. The number of halogens is 2. The van der Waals surface area contributed by atoms with E-state index in [-0.39, 0.29) is 28.8 Å². The number of aliphatic hydroxyl groups excluding tert-OH is 1. The molecule has 138 valence electrons. The summed E-state index contributed by atoms with van der Waals surface area (Å²) in [6.07, 6.45) is 4.37. The lowest BCUT2D eigenvalue weighted by Gasteiger charge is -2.48. The zero-order valence-corrected chi connectivity index (χ0v) is 15.3. The van der Waals surface area contributed by atoms with Crippen molar-refractivity contribution in [2.24, 2.45) is 5.41 Å². The second kappa shape index (κ2) is 8.02. The highest BCUT2D eigenvalue weighted by Gasteiger charge is 2.41. The molecule has 2 fully saturated rings. The molecule has 1 amide bonds. The Kier molecular flexibility index (Phi) is 5.97. The molecule has 0 saturated carbocycles. The van der Waals surface area contributed by atoms with Crippen LogP contribution >= 0.6 is 11.6 Å². The fourth-order valence-electron chi connectivity index (χ4n) is 4.24. The lowest BCUT2D eigenvalue weighted by molar-refractivity contribution is -0.139. The fourth-order valence-corrected chi connectivity index (χ4v) is 4.36. The van der Waals surface area contributed by atoms with Gasteiger partial charge in [-0.25, -0.2) is 4.39 Å². The predicted molar refractivity (Wildman–Crippen MR) is 95.9 cm³/mol. The SMILES string of the molecule is O=C1CCC2(CCCN(Cc3ccc(Cl)c(F)c3)C2)CN1CCCO. The number of nitrogens with zero attached hydrogens (tertiary/aromatic N) is 2. The van der Waals surface area contributed by atoms with E-state index in [1.165, 1.54) is 6.07 Å². The van der Waals surface area contributed by atoms with Crippen molar-refractivity contribution in [3.63, 3.8) is 0 Å². The van der Waals surface area contributed by atoms with Crippen molar-refractivity contribution < 1.29 is 14.3 Å². The van der Waals surface area contributed by atoms with Gasteiger partial charge >= 0.3 is 0 Å². The van der Waals surface area contributed by atoms with E-state index in [0.717, 1.165) is 44.5 Å². The van der Waals surface area contributed by atoms with Gasteiger partial charge in [-0.15, -0.1) is 0 Å². The molecule has 25 heavy (non-hydrogen) atoms. The molecule has 0 radical (unpaired) electrons. The number of amides is 1. The molecular weight excluding hydrogens is 343 g/mol. The number of aliphatic hydroxyl groups is 1. The van der Waals surface area contributed by atoms with E-state index in [4.69, 9.17) is 16.7 Å². The van der Waals surface area contributed by atoms with Crippen LogP contribution in [0.2, 0.25) is 5.02 Å². The van der Waals surface area contributed by atoms with Crippen LogP contribution in [0.1, 0.15) is 37.7 Å². The summed E-state index contributed by atoms with van der Waals surface area (Å²) >= 11 is 5.77. The Balaban J connectivity index is 1.65. The van der Waals surface area contributed by atoms with Gasteiger partial charge in [-0.1, -0.05) is 17.7 Å². The predicted octanol–water partition coefficient (Wildman–Crippen LogP) is 3.07. The van der Waals surface area contributed by atoms with Gasteiger partial charge < -0.3 is 10.0 Å². The molecule has 6 heteroatoms. The minimum absolute atomic E-state index is 0.116. The number of hydrogen-bond donors (Lipinski definition) is 1. The molecule has 2 heterocycles. The molecule has 1 aromatic carbocycles. The summed E-state index contributed by atoms with van der Waals surface area (Å²) in [5, 5.41) is 9.20. The molecule has 0 aromatic heterocycles. The molecule has 2 aliphatic heterocycles. The van der Waals surface area contributed by atoms with Crippen molar-refractivity contribution in [1.29, 1.82) is 0 Å². The molecule has 2 saturated heterocycles. The van der Waals surface area contributed by atoms with Crippen LogP contribution in [-0.2, 0) is 11.3 Å². The first-order valence-electron chi connectivity index (χ1n) is 9.06. The molecule has 1 atom stereocenters. The number of hydrogen-bond acceptors (Lipinski definition) is 3. The summed E-state index contributed by atoms with van der Waals surface area (Å²) in [7, 11) is 0. The minimum Gasteiger partial charge on any atom is -0.396 e. The first kappa shape index (κ1) is 18.6. The van der Waals surface area contributed by atoms with Crippen molar-refractivity contribution in [3.05, 3.63) is 34.6 Å². The van der Waals surface area contributed by atoms with Crippen LogP contribution in [0.4, 0.5) is 4.39 Å². The van der Waals surface area contributed by atoms with Gasteiger partial charge in [0.1, 0.15) is 5.82 Å². The Morgan fingerprint density at radius 3 is 2.88 bits per heavy atom. The van der Waals surface area contributed by atoms with Crippen molar-refractivity contribution in [2.45, 2.75) is 38.6 Å². The van der Waals surface area contributed by atoms with Gasteiger partial charge in [0, 0.05) is 44.6 Å². The van der Waals surface area contributed by atoms with E-state index < -0.39 is 0 Å². The molecule has 1 unspecified atom stereocenters. The lowest BCUT2D eigenvalue weighted by Crippen LogP contribution is -2.54. The van der Waals surface area contributed by atoms with Gasteiger partial charge in [0.05, 0.1) is 5.02 Å². The second-order valence-corrected chi connectivity index (χ2v) is 7.86. The summed E-state index contributed by atoms with van der Waals surface area (Å²) in [6.45, 7) is 4.17. The first-order chi connectivity index (χ1) is 12.0. The van der Waals surface area contributed by atoms with Crippen LogP contribution in [0.3, 0.4) is 0 Å². The maximum Gasteiger partial charge on any atom is 0.222 e. The van der Waals surface area contributed by atoms with E-state index in [2.05, 4.69) is 4.90 Å². The normalized spacial score (nSPS) is 24.9. The van der Waals surface area contributed by atoms with Crippen LogP contribution in [0.5, 0.6) is 0 Å². The topological polar surface area (TPSA) is 43.8 Å². The Bertz CT molecular complexity index is 627. The molecule has 3 rings (SSSR count). The third-order valence-electron chi connectivity index (χ3n) is 5.46. The van der Waals surface area contributed by atoms with Gasteiger partial charge in [0.25, 0.3) is 0 Å². The number of rotatable bonds is 5. The van der Waals surface area contributed by atoms with Crippen molar-refractivity contribution in [3.8, 4) is 0 Å². The maximum atomic E-state index is 13.7. The summed E-state index contributed by atoms with van der Waals surface area (Å²) in [5.74, 6) is -0.166. The Labute approximate surface area is 153 Å². The van der Waals surface area contributed by atoms with Crippen molar-refractivity contribution >= 4 is 17.5 Å². The number of benzene rings is 1. The van der Waals surface area contributed by atoms with E-state index in [0.29, 0.717) is 25.9 Å². The monoisotopic (exact) mass is 368 g/mol. The fraction of sp³-hybridized carbons (Fsp3) is 0.632. The van der Waals surface area contributed by atoms with Gasteiger partial charge in [-0.05, 0) is 49.9 Å². The van der Waals surface area contributed by atoms with Gasteiger partial charge in [0.15, 0.2) is 0 Å². The second-order valence-electron chi connectivity index (χ2n) is 7.46. The van der Waals surface area contributed by atoms with E-state index >= 15 is 0 Å². The molecule has 0 bridgehead atoms. The van der Waals surface area contributed by atoms with Crippen molar-refractivity contribution in [1.82, 2.24) is 9.80 Å². The Morgan fingerprint density at radius 2 is 2.12 bits per heavy atom. The molecule has 2 aliphatic rings. The standard InChI is InChI=1S/C19H26ClFN2O2/c20-16-4-3-15(11-17(16)21)12-22-8-1-6-19(13-22)7-5-18(25)23(14-19)9-2-10-24/h3-4,11,24H,1-2,5-10,12-14H2. The highest BCUT2D eigenvalue weighted by Crippen LogP contribution is 2.39. The van der Waals surface area contributed by atoms with E-state index in [9.17, 15) is 9.18 Å².